The molecule has 0 atom stereocenters. The maximum absolute atomic E-state index is 12.0. The van der Waals surface area contributed by atoms with Crippen LogP contribution >= 0.6 is 0 Å². The van der Waals surface area contributed by atoms with Crippen molar-refractivity contribution < 1.29 is 18.0 Å². The smallest absolute Gasteiger partial charge is 0.368 e. The van der Waals surface area contributed by atoms with Gasteiger partial charge in [-0.05, 0) is 12.1 Å². The summed E-state index contributed by atoms with van der Waals surface area (Å²) >= 11 is 0. The van der Waals surface area contributed by atoms with Crippen molar-refractivity contribution in [3.63, 3.8) is 0 Å². The van der Waals surface area contributed by atoms with Crippen LogP contribution in [0.3, 0.4) is 0 Å². The van der Waals surface area contributed by atoms with Crippen molar-refractivity contribution in [1.82, 2.24) is 10.3 Å². The molecular formula is C13H17F3N4O. The summed E-state index contributed by atoms with van der Waals surface area (Å²) in [6, 6.07) is 3.40. The standard InChI is InChI=1S/C13H17F3N4O/c14-13(15,16)4-3-12(21)19-11-2-1-10(9-18-11)20-7-5-17-6-8-20/h1-2,9,17H,3-8H2,(H,18,19,21). The van der Waals surface area contributed by atoms with Crippen LogP contribution in [-0.2, 0) is 4.79 Å². The van der Waals surface area contributed by atoms with E-state index in [4.69, 9.17) is 0 Å². The minimum atomic E-state index is -4.32. The highest BCUT2D eigenvalue weighted by atomic mass is 19.4. The highest BCUT2D eigenvalue weighted by molar-refractivity contribution is 5.89. The van der Waals surface area contributed by atoms with E-state index in [2.05, 4.69) is 20.5 Å². The van der Waals surface area contributed by atoms with Gasteiger partial charge in [-0.3, -0.25) is 4.79 Å². The normalized spacial score (nSPS) is 15.9. The first-order chi connectivity index (χ1) is 9.94. The van der Waals surface area contributed by atoms with Gasteiger partial charge < -0.3 is 15.5 Å². The summed E-state index contributed by atoms with van der Waals surface area (Å²) in [4.78, 5) is 17.6. The third-order valence-corrected chi connectivity index (χ3v) is 3.13. The van der Waals surface area contributed by atoms with Gasteiger partial charge in [0.15, 0.2) is 0 Å². The molecule has 0 unspecified atom stereocenters. The molecule has 21 heavy (non-hydrogen) atoms. The third-order valence-electron chi connectivity index (χ3n) is 3.13. The van der Waals surface area contributed by atoms with Crippen LogP contribution in [-0.4, -0.2) is 43.2 Å². The fourth-order valence-corrected chi connectivity index (χ4v) is 2.03. The molecule has 1 fully saturated rings. The van der Waals surface area contributed by atoms with E-state index in [0.29, 0.717) is 0 Å². The fourth-order valence-electron chi connectivity index (χ4n) is 2.03. The summed E-state index contributed by atoms with van der Waals surface area (Å²) in [7, 11) is 0. The number of amides is 1. The van der Waals surface area contributed by atoms with Crippen molar-refractivity contribution in [2.45, 2.75) is 19.0 Å². The average molecular weight is 302 g/mol. The molecule has 0 aromatic carbocycles. The number of halogens is 3. The molecule has 1 aliphatic heterocycles. The van der Waals surface area contributed by atoms with Crippen LogP contribution in [0.1, 0.15) is 12.8 Å². The van der Waals surface area contributed by atoms with Crippen LogP contribution in [0.25, 0.3) is 0 Å². The van der Waals surface area contributed by atoms with Crippen LogP contribution in [0.15, 0.2) is 18.3 Å². The second-order valence-corrected chi connectivity index (χ2v) is 4.80. The van der Waals surface area contributed by atoms with E-state index in [0.717, 1.165) is 31.9 Å². The predicted octanol–water partition coefficient (Wildman–Crippen LogP) is 1.77. The van der Waals surface area contributed by atoms with Gasteiger partial charge in [-0.15, -0.1) is 0 Å². The van der Waals surface area contributed by atoms with Gasteiger partial charge in [0.05, 0.1) is 18.3 Å². The lowest BCUT2D eigenvalue weighted by Gasteiger charge is -2.29. The summed E-state index contributed by atoms with van der Waals surface area (Å²) in [5.41, 5.74) is 0.935. The second kappa shape index (κ2) is 6.75. The van der Waals surface area contributed by atoms with Crippen molar-refractivity contribution in [1.29, 1.82) is 0 Å². The first-order valence-electron chi connectivity index (χ1n) is 6.72. The van der Waals surface area contributed by atoms with Crippen molar-refractivity contribution in [2.24, 2.45) is 0 Å². The van der Waals surface area contributed by atoms with E-state index in [1.807, 2.05) is 0 Å². The van der Waals surface area contributed by atoms with Crippen LogP contribution in [0.2, 0.25) is 0 Å². The Labute approximate surface area is 120 Å². The van der Waals surface area contributed by atoms with Crippen LogP contribution in [0.4, 0.5) is 24.7 Å². The molecule has 0 aliphatic carbocycles. The molecule has 0 bridgehead atoms. The van der Waals surface area contributed by atoms with Crippen molar-refractivity contribution in [2.75, 3.05) is 36.4 Å². The van der Waals surface area contributed by atoms with Crippen LogP contribution in [0, 0.1) is 0 Å². The van der Waals surface area contributed by atoms with Crippen LogP contribution in [0.5, 0.6) is 0 Å². The molecule has 2 N–H and O–H groups in total. The van der Waals surface area contributed by atoms with Gasteiger partial charge in [-0.25, -0.2) is 4.98 Å². The first kappa shape index (κ1) is 15.6. The van der Waals surface area contributed by atoms with Gasteiger partial charge in [-0.1, -0.05) is 0 Å². The van der Waals surface area contributed by atoms with Crippen molar-refractivity contribution in [3.8, 4) is 0 Å². The Bertz CT molecular complexity index is 469. The summed E-state index contributed by atoms with van der Waals surface area (Å²) < 4.78 is 36.0. The lowest BCUT2D eigenvalue weighted by molar-refractivity contribution is -0.142. The highest BCUT2D eigenvalue weighted by Crippen LogP contribution is 2.21. The maximum Gasteiger partial charge on any atom is 0.389 e. The largest absolute Gasteiger partial charge is 0.389 e. The number of pyridine rings is 1. The zero-order valence-corrected chi connectivity index (χ0v) is 11.4. The van der Waals surface area contributed by atoms with E-state index in [1.54, 1.807) is 18.3 Å². The molecule has 1 saturated heterocycles. The Hall–Kier alpha value is -1.83. The van der Waals surface area contributed by atoms with E-state index in [9.17, 15) is 18.0 Å². The molecule has 1 aliphatic rings. The first-order valence-corrected chi connectivity index (χ1v) is 6.72. The topological polar surface area (TPSA) is 57.3 Å². The monoisotopic (exact) mass is 302 g/mol. The number of rotatable bonds is 4. The Morgan fingerprint density at radius 3 is 2.62 bits per heavy atom. The number of carbonyl (C=O) groups excluding carboxylic acids is 1. The molecule has 2 rings (SSSR count). The lowest BCUT2D eigenvalue weighted by atomic mass is 10.3. The van der Waals surface area contributed by atoms with E-state index >= 15 is 0 Å². The molecule has 5 nitrogen and oxygen atoms in total. The number of carbonyl (C=O) groups is 1. The zero-order valence-electron chi connectivity index (χ0n) is 11.4. The van der Waals surface area contributed by atoms with Gasteiger partial charge >= 0.3 is 6.18 Å². The number of anilines is 2. The number of hydrogen-bond acceptors (Lipinski definition) is 4. The van der Waals surface area contributed by atoms with Gasteiger partial charge in [0.1, 0.15) is 5.82 Å². The number of nitrogens with zero attached hydrogens (tertiary/aromatic N) is 2. The number of alkyl halides is 3. The number of piperazine rings is 1. The molecule has 2 heterocycles. The molecule has 1 amide bonds. The predicted molar refractivity (Wildman–Crippen MR) is 73.2 cm³/mol. The highest BCUT2D eigenvalue weighted by Gasteiger charge is 2.27. The Balaban J connectivity index is 1.85. The molecule has 0 spiro atoms. The molecular weight excluding hydrogens is 285 g/mol. The van der Waals surface area contributed by atoms with Gasteiger partial charge in [0.25, 0.3) is 0 Å². The second-order valence-electron chi connectivity index (χ2n) is 4.80. The van der Waals surface area contributed by atoms with Gasteiger partial charge in [-0.2, -0.15) is 13.2 Å². The third kappa shape index (κ3) is 5.22. The SMILES string of the molecule is O=C(CCC(F)(F)F)Nc1ccc(N2CCNCC2)cn1. The lowest BCUT2D eigenvalue weighted by Crippen LogP contribution is -2.43. The Morgan fingerprint density at radius 2 is 2.05 bits per heavy atom. The quantitative estimate of drug-likeness (QED) is 0.890. The average Bonchev–Trinajstić information content (AvgIpc) is 2.46. The Morgan fingerprint density at radius 1 is 1.33 bits per heavy atom. The number of nitrogens with one attached hydrogen (secondary N) is 2. The number of aromatic nitrogens is 1. The number of hydrogen-bond donors (Lipinski definition) is 2. The summed E-state index contributed by atoms with van der Waals surface area (Å²) in [5, 5.41) is 5.60. The zero-order chi connectivity index (χ0) is 15.3. The molecule has 1 aromatic heterocycles. The van der Waals surface area contributed by atoms with E-state index in [-0.39, 0.29) is 5.82 Å². The molecule has 8 heteroatoms. The summed E-state index contributed by atoms with van der Waals surface area (Å²) in [6.07, 6.45) is -4.43. The van der Waals surface area contributed by atoms with Gasteiger partial charge in [0, 0.05) is 32.6 Å². The van der Waals surface area contributed by atoms with E-state index < -0.39 is 24.9 Å². The maximum atomic E-state index is 12.0. The molecule has 0 saturated carbocycles. The molecule has 0 radical (unpaired) electrons. The minimum absolute atomic E-state index is 0.265. The van der Waals surface area contributed by atoms with Crippen molar-refractivity contribution in [3.05, 3.63) is 18.3 Å². The van der Waals surface area contributed by atoms with Crippen LogP contribution < -0.4 is 15.5 Å². The Kier molecular flexibility index (Phi) is 5.00. The van der Waals surface area contributed by atoms with E-state index in [1.165, 1.54) is 0 Å². The molecule has 116 valence electrons. The summed E-state index contributed by atoms with van der Waals surface area (Å²) in [5.74, 6) is -0.421. The molecule has 1 aromatic rings. The minimum Gasteiger partial charge on any atom is -0.368 e. The van der Waals surface area contributed by atoms with Gasteiger partial charge in [0.2, 0.25) is 5.91 Å². The summed E-state index contributed by atoms with van der Waals surface area (Å²) in [6.45, 7) is 3.55. The van der Waals surface area contributed by atoms with Crippen molar-refractivity contribution >= 4 is 17.4 Å². The fraction of sp³-hybridized carbons (Fsp3) is 0.538.